The Morgan fingerprint density at radius 2 is 2.07 bits per heavy atom. The number of hydrogen-bond acceptors (Lipinski definition) is 4. The van der Waals surface area contributed by atoms with E-state index in [9.17, 15) is 14.7 Å². The molecule has 0 bridgehead atoms. The summed E-state index contributed by atoms with van der Waals surface area (Å²) in [7, 11) is 0. The van der Waals surface area contributed by atoms with Gasteiger partial charge < -0.3 is 15.7 Å². The van der Waals surface area contributed by atoms with Crippen molar-refractivity contribution in [2.24, 2.45) is 11.3 Å². The monoisotopic (exact) mass is 470 g/mol. The number of carbonyl (C=O) groups excluding carboxylic acids is 2. The van der Waals surface area contributed by atoms with Crippen molar-refractivity contribution in [1.82, 2.24) is 20.2 Å². The summed E-state index contributed by atoms with van der Waals surface area (Å²) in [6.07, 6.45) is 4.26. The number of phenolic OH excluding ortho intramolecular Hbond substituents is 1. The van der Waals surface area contributed by atoms with Crippen LogP contribution < -0.4 is 10.6 Å². The molecule has 7 nitrogen and oxygen atoms in total. The molecule has 3 aromatic rings. The Morgan fingerprint density at radius 3 is 2.80 bits per heavy atom. The molecule has 8 heteroatoms. The van der Waals surface area contributed by atoms with Crippen molar-refractivity contribution >= 4 is 33.3 Å². The molecular weight excluding hydrogens is 448 g/mol. The largest absolute Gasteiger partial charge is 0.508 e. The lowest BCUT2D eigenvalue weighted by Gasteiger charge is -2.52. The third-order valence-electron chi connectivity index (χ3n) is 6.11. The van der Waals surface area contributed by atoms with E-state index in [2.05, 4.69) is 45.5 Å². The zero-order valence-corrected chi connectivity index (χ0v) is 18.3. The third kappa shape index (κ3) is 3.79. The van der Waals surface area contributed by atoms with E-state index in [1.807, 2.05) is 12.3 Å². The maximum absolute atomic E-state index is 12.8. The maximum Gasteiger partial charge on any atom is 0.253 e. The van der Waals surface area contributed by atoms with Gasteiger partial charge in [-0.3, -0.25) is 9.59 Å². The van der Waals surface area contributed by atoms with Crippen LogP contribution in [0.4, 0.5) is 0 Å². The normalized spacial score (nSPS) is 19.8. The second-order valence-electron chi connectivity index (χ2n) is 8.27. The summed E-state index contributed by atoms with van der Waals surface area (Å²) in [5, 5.41) is 19.9. The number of amides is 2. The number of carbonyl (C=O) groups is 2. The number of hydrogen-bond donors (Lipinski definition) is 3. The van der Waals surface area contributed by atoms with Crippen LogP contribution in [0.5, 0.6) is 5.75 Å². The van der Waals surface area contributed by atoms with Crippen LogP contribution in [0.15, 0.2) is 53.3 Å². The summed E-state index contributed by atoms with van der Waals surface area (Å²) in [4.78, 5) is 25.2. The molecule has 2 aromatic heterocycles. The van der Waals surface area contributed by atoms with E-state index in [1.165, 1.54) is 12.1 Å². The number of fused-ring (bicyclic) bond motifs is 1. The van der Waals surface area contributed by atoms with Crippen molar-refractivity contribution in [2.75, 3.05) is 6.54 Å². The fourth-order valence-electron chi connectivity index (χ4n) is 4.01. The summed E-state index contributed by atoms with van der Waals surface area (Å²) in [5.74, 6) is -0.0821. The van der Waals surface area contributed by atoms with Gasteiger partial charge >= 0.3 is 0 Å². The van der Waals surface area contributed by atoms with Crippen molar-refractivity contribution in [3.63, 3.8) is 0 Å². The van der Waals surface area contributed by atoms with E-state index in [4.69, 9.17) is 0 Å². The summed E-state index contributed by atoms with van der Waals surface area (Å²) >= 11 is 3.28. The molecule has 156 valence electrons. The second kappa shape index (κ2) is 7.75. The molecule has 0 aliphatic heterocycles. The third-order valence-corrected chi connectivity index (χ3v) is 6.57. The Kier molecular flexibility index (Phi) is 5.27. The molecule has 1 aliphatic carbocycles. The number of rotatable bonds is 5. The molecule has 1 aromatic carbocycles. The van der Waals surface area contributed by atoms with E-state index in [0.717, 1.165) is 11.9 Å². The first kappa shape index (κ1) is 20.4. The second-order valence-corrected chi connectivity index (χ2v) is 9.19. The molecule has 2 amide bonds. The molecular formula is C22H23BrN4O3. The lowest BCUT2D eigenvalue weighted by molar-refractivity contribution is 0.0150. The number of nitrogens with zero attached hydrogens (tertiary/aromatic N) is 2. The van der Waals surface area contributed by atoms with Crippen LogP contribution in [0.1, 0.15) is 41.0 Å². The lowest BCUT2D eigenvalue weighted by atomic mass is 9.58. The van der Waals surface area contributed by atoms with Gasteiger partial charge in [0.25, 0.3) is 11.8 Å². The van der Waals surface area contributed by atoms with Gasteiger partial charge in [-0.25, -0.2) is 4.52 Å². The Labute approximate surface area is 182 Å². The molecule has 0 radical (unpaired) electrons. The van der Waals surface area contributed by atoms with Crippen molar-refractivity contribution in [2.45, 2.75) is 26.3 Å². The predicted molar refractivity (Wildman–Crippen MR) is 116 cm³/mol. The van der Waals surface area contributed by atoms with Crippen molar-refractivity contribution in [3.8, 4) is 5.75 Å². The number of phenols is 1. The van der Waals surface area contributed by atoms with Crippen LogP contribution >= 0.6 is 15.9 Å². The van der Waals surface area contributed by atoms with Gasteiger partial charge in [0.1, 0.15) is 5.75 Å². The molecule has 2 heterocycles. The van der Waals surface area contributed by atoms with Crippen LogP contribution in [-0.4, -0.2) is 39.1 Å². The van der Waals surface area contributed by atoms with Crippen LogP contribution in [0, 0.1) is 11.3 Å². The SMILES string of the molecule is CC1(C)C(CNC(=O)c2cc(O)cc(Br)c2)CC1NC(=O)c1cccn2nccc12. The molecule has 2 unspecified atom stereocenters. The van der Waals surface area contributed by atoms with E-state index < -0.39 is 0 Å². The predicted octanol–water partition coefficient (Wildman–Crippen LogP) is 3.38. The highest BCUT2D eigenvalue weighted by molar-refractivity contribution is 9.10. The molecule has 0 saturated heterocycles. The van der Waals surface area contributed by atoms with Crippen LogP contribution in [-0.2, 0) is 0 Å². The Morgan fingerprint density at radius 1 is 1.27 bits per heavy atom. The first-order chi connectivity index (χ1) is 14.3. The highest BCUT2D eigenvalue weighted by atomic mass is 79.9. The molecule has 2 atom stereocenters. The summed E-state index contributed by atoms with van der Waals surface area (Å²) in [5.41, 5.74) is 1.61. The first-order valence-corrected chi connectivity index (χ1v) is 10.6. The zero-order chi connectivity index (χ0) is 21.5. The summed E-state index contributed by atoms with van der Waals surface area (Å²) in [6, 6.07) is 10.1. The van der Waals surface area contributed by atoms with Crippen LogP contribution in [0.2, 0.25) is 0 Å². The number of pyridine rings is 1. The maximum atomic E-state index is 12.8. The van der Waals surface area contributed by atoms with Gasteiger partial charge in [0, 0.05) is 28.8 Å². The van der Waals surface area contributed by atoms with Gasteiger partial charge in [-0.1, -0.05) is 29.8 Å². The quantitative estimate of drug-likeness (QED) is 0.532. The van der Waals surface area contributed by atoms with Crippen LogP contribution in [0.3, 0.4) is 0 Å². The number of halogens is 1. The van der Waals surface area contributed by atoms with Gasteiger partial charge in [0.15, 0.2) is 0 Å². The number of aromatic hydroxyl groups is 1. The minimum absolute atomic E-state index is 0.0185. The minimum atomic E-state index is -0.234. The highest BCUT2D eigenvalue weighted by Crippen LogP contribution is 2.46. The average Bonchev–Trinajstić information content (AvgIpc) is 3.17. The van der Waals surface area contributed by atoms with E-state index in [1.54, 1.807) is 28.9 Å². The fraction of sp³-hybridized carbons (Fsp3) is 0.318. The Balaban J connectivity index is 1.36. The first-order valence-electron chi connectivity index (χ1n) is 9.76. The fourth-order valence-corrected chi connectivity index (χ4v) is 4.49. The molecule has 4 rings (SSSR count). The van der Waals surface area contributed by atoms with E-state index >= 15 is 0 Å². The van der Waals surface area contributed by atoms with Gasteiger partial charge in [-0.15, -0.1) is 0 Å². The molecule has 1 saturated carbocycles. The standard InChI is InChI=1S/C22H23BrN4O3/c1-22(2)14(12-24-20(29)13-8-15(23)11-16(28)9-13)10-19(22)26-21(30)17-4-3-7-27-18(17)5-6-25-27/h3-9,11,14,19,28H,10,12H2,1-2H3,(H,24,29)(H,26,30). The minimum Gasteiger partial charge on any atom is -0.508 e. The van der Waals surface area contributed by atoms with Crippen molar-refractivity contribution < 1.29 is 14.7 Å². The van der Waals surface area contributed by atoms with Crippen LogP contribution in [0.25, 0.3) is 5.52 Å². The molecule has 30 heavy (non-hydrogen) atoms. The highest BCUT2D eigenvalue weighted by Gasteiger charge is 2.48. The Bertz CT molecular complexity index is 1100. The summed E-state index contributed by atoms with van der Waals surface area (Å²) < 4.78 is 2.33. The van der Waals surface area contributed by atoms with Gasteiger partial charge in [-0.05, 0) is 54.2 Å². The number of aromatic nitrogens is 2. The van der Waals surface area contributed by atoms with Crippen molar-refractivity contribution in [3.05, 3.63) is 64.4 Å². The number of benzene rings is 1. The lowest BCUT2D eigenvalue weighted by Crippen LogP contribution is -2.60. The number of nitrogens with one attached hydrogen (secondary N) is 2. The van der Waals surface area contributed by atoms with Gasteiger partial charge in [0.2, 0.25) is 0 Å². The summed E-state index contributed by atoms with van der Waals surface area (Å²) in [6.45, 7) is 4.70. The molecule has 1 fully saturated rings. The van der Waals surface area contributed by atoms with E-state index in [-0.39, 0.29) is 34.9 Å². The van der Waals surface area contributed by atoms with Gasteiger partial charge in [0.05, 0.1) is 17.3 Å². The molecule has 3 N–H and O–H groups in total. The molecule has 1 aliphatic rings. The topological polar surface area (TPSA) is 95.7 Å². The van der Waals surface area contributed by atoms with Crippen molar-refractivity contribution in [1.29, 1.82) is 0 Å². The Hall–Kier alpha value is -2.87. The van der Waals surface area contributed by atoms with Gasteiger partial charge in [-0.2, -0.15) is 5.10 Å². The van der Waals surface area contributed by atoms with E-state index in [0.29, 0.717) is 22.1 Å². The smallest absolute Gasteiger partial charge is 0.253 e. The molecule has 0 spiro atoms. The average molecular weight is 471 g/mol. The zero-order valence-electron chi connectivity index (χ0n) is 16.7.